The number of hydrogen-bond acceptors (Lipinski definition) is 7. The van der Waals surface area contributed by atoms with Crippen LogP contribution in [0.2, 0.25) is 0 Å². The standard InChI is InChI=1S/C18H21N3O5S/c1-3-21(13-8-9-27(24,25)11-13)17(22)12(2)26-18(23)16-10-19-14-6-4-5-7-15(14)20-16/h4-7,10,12-13H,3,8-9,11H2,1-2H3. The van der Waals surface area contributed by atoms with E-state index >= 15 is 0 Å². The number of likely N-dealkylation sites (N-methyl/N-ethyl adjacent to an activating group) is 1. The lowest BCUT2D eigenvalue weighted by Crippen LogP contribution is -2.46. The molecule has 0 radical (unpaired) electrons. The van der Waals surface area contributed by atoms with E-state index in [1.54, 1.807) is 25.1 Å². The lowest BCUT2D eigenvalue weighted by molar-refractivity contribution is -0.141. The fourth-order valence-corrected chi connectivity index (χ4v) is 4.91. The van der Waals surface area contributed by atoms with Gasteiger partial charge in [-0.05, 0) is 32.4 Å². The molecule has 1 saturated heterocycles. The Labute approximate surface area is 157 Å². The van der Waals surface area contributed by atoms with E-state index in [9.17, 15) is 18.0 Å². The number of ether oxygens (including phenoxy) is 1. The van der Waals surface area contributed by atoms with Gasteiger partial charge in [0.25, 0.3) is 5.91 Å². The number of hydrogen-bond donors (Lipinski definition) is 0. The maximum atomic E-state index is 12.7. The first-order valence-corrected chi connectivity index (χ1v) is 10.6. The van der Waals surface area contributed by atoms with Gasteiger partial charge in [0.2, 0.25) is 0 Å². The number of rotatable bonds is 5. The molecule has 0 N–H and O–H groups in total. The van der Waals surface area contributed by atoms with E-state index in [0.29, 0.717) is 24.0 Å². The van der Waals surface area contributed by atoms with Crippen LogP contribution in [0, 0.1) is 0 Å². The molecular formula is C18H21N3O5S. The van der Waals surface area contributed by atoms with Gasteiger partial charge in [0.1, 0.15) is 0 Å². The second-order valence-corrected chi connectivity index (χ2v) is 8.70. The number of aromatic nitrogens is 2. The van der Waals surface area contributed by atoms with Gasteiger partial charge in [-0.1, -0.05) is 12.1 Å². The van der Waals surface area contributed by atoms with Gasteiger partial charge in [0.15, 0.2) is 21.6 Å². The van der Waals surface area contributed by atoms with Gasteiger partial charge in [-0.2, -0.15) is 0 Å². The molecule has 8 nitrogen and oxygen atoms in total. The summed E-state index contributed by atoms with van der Waals surface area (Å²) in [7, 11) is -3.12. The molecule has 0 aliphatic carbocycles. The predicted octanol–water partition coefficient (Wildman–Crippen LogP) is 1.21. The van der Waals surface area contributed by atoms with Crippen molar-refractivity contribution in [3.8, 4) is 0 Å². The van der Waals surface area contributed by atoms with Crippen LogP contribution in [-0.4, -0.2) is 65.4 Å². The van der Waals surface area contributed by atoms with Crippen LogP contribution in [0.4, 0.5) is 0 Å². The average molecular weight is 391 g/mol. The zero-order valence-electron chi connectivity index (χ0n) is 15.2. The Balaban J connectivity index is 1.69. The molecule has 2 atom stereocenters. The van der Waals surface area contributed by atoms with Crippen LogP contribution >= 0.6 is 0 Å². The van der Waals surface area contributed by atoms with E-state index in [-0.39, 0.29) is 23.2 Å². The highest BCUT2D eigenvalue weighted by Gasteiger charge is 2.36. The van der Waals surface area contributed by atoms with Crippen molar-refractivity contribution in [2.75, 3.05) is 18.1 Å². The largest absolute Gasteiger partial charge is 0.448 e. The van der Waals surface area contributed by atoms with Crippen LogP contribution in [-0.2, 0) is 19.4 Å². The van der Waals surface area contributed by atoms with Gasteiger partial charge in [-0.25, -0.2) is 18.2 Å². The third-order valence-electron chi connectivity index (χ3n) is 4.56. The molecule has 9 heteroatoms. The second-order valence-electron chi connectivity index (χ2n) is 6.47. The number of carbonyl (C=O) groups is 2. The van der Waals surface area contributed by atoms with E-state index in [1.807, 2.05) is 6.07 Å². The maximum absolute atomic E-state index is 12.7. The molecule has 1 aromatic carbocycles. The normalized spacial score (nSPS) is 19.6. The highest BCUT2D eigenvalue weighted by Crippen LogP contribution is 2.19. The van der Waals surface area contributed by atoms with Crippen molar-refractivity contribution in [1.82, 2.24) is 14.9 Å². The van der Waals surface area contributed by atoms with Crippen molar-refractivity contribution in [2.45, 2.75) is 32.4 Å². The molecule has 0 spiro atoms. The van der Waals surface area contributed by atoms with Crippen LogP contribution in [0.3, 0.4) is 0 Å². The first kappa shape index (κ1) is 19.2. The van der Waals surface area contributed by atoms with E-state index in [0.717, 1.165) is 0 Å². The number of esters is 1. The Kier molecular flexibility index (Phi) is 5.41. The summed E-state index contributed by atoms with van der Waals surface area (Å²) in [6.07, 6.45) is 0.663. The van der Waals surface area contributed by atoms with Crippen LogP contribution in [0.5, 0.6) is 0 Å². The van der Waals surface area contributed by atoms with Crippen molar-refractivity contribution in [2.24, 2.45) is 0 Å². The van der Waals surface area contributed by atoms with Gasteiger partial charge in [0.05, 0.1) is 28.7 Å². The summed E-state index contributed by atoms with van der Waals surface area (Å²) >= 11 is 0. The zero-order chi connectivity index (χ0) is 19.6. The van der Waals surface area contributed by atoms with Gasteiger partial charge in [-0.3, -0.25) is 9.78 Å². The number of benzene rings is 1. The summed E-state index contributed by atoms with van der Waals surface area (Å²) in [5.74, 6) is -1.14. The first-order valence-electron chi connectivity index (χ1n) is 8.74. The summed E-state index contributed by atoms with van der Waals surface area (Å²) in [6, 6.07) is 6.73. The highest BCUT2D eigenvalue weighted by molar-refractivity contribution is 7.91. The van der Waals surface area contributed by atoms with Crippen molar-refractivity contribution >= 4 is 32.7 Å². The number of amides is 1. The Morgan fingerprint density at radius 1 is 1.30 bits per heavy atom. The van der Waals surface area contributed by atoms with E-state index in [2.05, 4.69) is 9.97 Å². The van der Waals surface area contributed by atoms with Gasteiger partial charge < -0.3 is 9.64 Å². The smallest absolute Gasteiger partial charge is 0.359 e. The quantitative estimate of drug-likeness (QED) is 0.705. The number of carbonyl (C=O) groups excluding carboxylic acids is 2. The fraction of sp³-hybridized carbons (Fsp3) is 0.444. The van der Waals surface area contributed by atoms with Gasteiger partial charge in [0, 0.05) is 12.6 Å². The van der Waals surface area contributed by atoms with Crippen molar-refractivity contribution in [1.29, 1.82) is 0 Å². The third kappa shape index (κ3) is 4.24. The van der Waals surface area contributed by atoms with Crippen molar-refractivity contribution < 1.29 is 22.7 Å². The molecule has 2 aromatic rings. The minimum Gasteiger partial charge on any atom is -0.448 e. The van der Waals surface area contributed by atoms with E-state index in [1.165, 1.54) is 18.0 Å². The van der Waals surface area contributed by atoms with Crippen LogP contribution in [0.25, 0.3) is 11.0 Å². The minimum absolute atomic E-state index is 0.0137. The Bertz CT molecular complexity index is 976. The molecular weight excluding hydrogens is 370 g/mol. The fourth-order valence-electron chi connectivity index (χ4n) is 3.18. The lowest BCUT2D eigenvalue weighted by Gasteiger charge is -2.29. The summed E-state index contributed by atoms with van der Waals surface area (Å²) in [6.45, 7) is 3.59. The predicted molar refractivity (Wildman–Crippen MR) is 98.9 cm³/mol. The van der Waals surface area contributed by atoms with Gasteiger partial charge in [-0.15, -0.1) is 0 Å². The summed E-state index contributed by atoms with van der Waals surface area (Å²) in [5.41, 5.74) is 1.22. The highest BCUT2D eigenvalue weighted by atomic mass is 32.2. The molecule has 27 heavy (non-hydrogen) atoms. The number of fused-ring (bicyclic) bond motifs is 1. The van der Waals surface area contributed by atoms with Crippen LogP contribution in [0.15, 0.2) is 30.5 Å². The molecule has 1 amide bonds. The van der Waals surface area contributed by atoms with Crippen molar-refractivity contribution in [3.05, 3.63) is 36.2 Å². The van der Waals surface area contributed by atoms with Crippen LogP contribution < -0.4 is 0 Å². The average Bonchev–Trinajstić information content (AvgIpc) is 3.01. The van der Waals surface area contributed by atoms with Crippen LogP contribution in [0.1, 0.15) is 30.8 Å². The molecule has 2 heterocycles. The molecule has 3 rings (SSSR count). The minimum atomic E-state index is -3.12. The van der Waals surface area contributed by atoms with Gasteiger partial charge >= 0.3 is 5.97 Å². The molecule has 0 saturated carbocycles. The Hall–Kier alpha value is -2.55. The molecule has 0 bridgehead atoms. The molecule has 1 aliphatic rings. The molecule has 1 fully saturated rings. The number of para-hydroxylation sites is 2. The number of nitrogens with zero attached hydrogens (tertiary/aromatic N) is 3. The molecule has 144 valence electrons. The summed E-state index contributed by atoms with van der Waals surface area (Å²) < 4.78 is 28.6. The van der Waals surface area contributed by atoms with E-state index in [4.69, 9.17) is 4.74 Å². The summed E-state index contributed by atoms with van der Waals surface area (Å²) in [5, 5.41) is 0. The summed E-state index contributed by atoms with van der Waals surface area (Å²) in [4.78, 5) is 34.9. The van der Waals surface area contributed by atoms with Crippen molar-refractivity contribution in [3.63, 3.8) is 0 Å². The topological polar surface area (TPSA) is 107 Å². The maximum Gasteiger partial charge on any atom is 0.359 e. The lowest BCUT2D eigenvalue weighted by atomic mass is 10.2. The van der Waals surface area contributed by atoms with E-state index < -0.39 is 27.8 Å². The molecule has 1 aromatic heterocycles. The molecule has 1 aliphatic heterocycles. The Morgan fingerprint density at radius 3 is 2.63 bits per heavy atom. The third-order valence-corrected chi connectivity index (χ3v) is 6.31. The SMILES string of the molecule is CCN(C(=O)C(C)OC(=O)c1cnc2ccccc2n1)C1CCS(=O)(=O)C1. The monoisotopic (exact) mass is 391 g/mol. The zero-order valence-corrected chi connectivity index (χ0v) is 16.0. The first-order chi connectivity index (χ1) is 12.8. The second kappa shape index (κ2) is 7.59. The molecule has 2 unspecified atom stereocenters. The Morgan fingerprint density at radius 2 is 2.00 bits per heavy atom. The number of sulfone groups is 1.